The van der Waals surface area contributed by atoms with Crippen molar-refractivity contribution < 1.29 is 9.47 Å². The third-order valence-electron chi connectivity index (χ3n) is 2.15. The largest absolute Gasteiger partial charge is 0.454 e. The fourth-order valence-electron chi connectivity index (χ4n) is 1.34. The molecule has 0 amide bonds. The smallest absolute Gasteiger partial charge is 0.231 e. The van der Waals surface area contributed by atoms with Crippen LogP contribution in [0.15, 0.2) is 16.6 Å². The van der Waals surface area contributed by atoms with E-state index in [1.165, 1.54) is 0 Å². The van der Waals surface area contributed by atoms with E-state index in [1.807, 2.05) is 12.1 Å². The van der Waals surface area contributed by atoms with E-state index in [2.05, 4.69) is 15.9 Å². The van der Waals surface area contributed by atoms with Crippen molar-refractivity contribution >= 4 is 15.9 Å². The van der Waals surface area contributed by atoms with E-state index in [0.29, 0.717) is 6.54 Å². The highest BCUT2D eigenvalue weighted by atomic mass is 79.9. The lowest BCUT2D eigenvalue weighted by atomic mass is 10.1. The second kappa shape index (κ2) is 3.76. The van der Waals surface area contributed by atoms with Crippen LogP contribution in [0, 0.1) is 0 Å². The number of nitrogens with two attached hydrogens (primary N) is 2. The van der Waals surface area contributed by atoms with Gasteiger partial charge in [0.2, 0.25) is 6.79 Å². The Hall–Kier alpha value is -0.780. The van der Waals surface area contributed by atoms with Gasteiger partial charge in [-0.25, -0.2) is 0 Å². The lowest BCUT2D eigenvalue weighted by Gasteiger charge is -2.12. The average molecular weight is 259 g/mol. The van der Waals surface area contributed by atoms with Crippen molar-refractivity contribution in [1.82, 2.24) is 0 Å². The Balaban J connectivity index is 2.42. The number of hydrogen-bond acceptors (Lipinski definition) is 4. The second-order valence-electron chi connectivity index (χ2n) is 3.07. The number of ether oxygens (including phenoxy) is 2. The summed E-state index contributed by atoms with van der Waals surface area (Å²) in [6.45, 7) is 0.668. The highest BCUT2D eigenvalue weighted by molar-refractivity contribution is 9.10. The van der Waals surface area contributed by atoms with E-state index >= 15 is 0 Å². The standard InChI is InChI=1S/C9H11BrN2O2/c10-6-2-9-8(13-4-14-9)1-5(6)7(12)3-11/h1-2,7H,3-4,11-12H2. The van der Waals surface area contributed by atoms with Crippen LogP contribution in [0.2, 0.25) is 0 Å². The Morgan fingerprint density at radius 1 is 1.36 bits per heavy atom. The Morgan fingerprint density at radius 2 is 2.00 bits per heavy atom. The van der Waals surface area contributed by atoms with E-state index in [-0.39, 0.29) is 12.8 Å². The molecule has 5 heteroatoms. The van der Waals surface area contributed by atoms with Gasteiger partial charge in [0, 0.05) is 17.1 Å². The van der Waals surface area contributed by atoms with E-state index in [9.17, 15) is 0 Å². The predicted molar refractivity (Wildman–Crippen MR) is 56.2 cm³/mol. The summed E-state index contributed by atoms with van der Waals surface area (Å²) in [6.07, 6.45) is 0. The highest BCUT2D eigenvalue weighted by Crippen LogP contribution is 2.38. The first kappa shape index (κ1) is 9.76. The third kappa shape index (κ3) is 1.58. The van der Waals surface area contributed by atoms with Crippen LogP contribution in [-0.2, 0) is 0 Å². The van der Waals surface area contributed by atoms with Crippen LogP contribution in [0.5, 0.6) is 11.5 Å². The minimum atomic E-state index is -0.182. The second-order valence-corrected chi connectivity index (χ2v) is 3.92. The molecule has 0 radical (unpaired) electrons. The maximum atomic E-state index is 5.84. The molecule has 0 fully saturated rings. The van der Waals surface area contributed by atoms with Crippen molar-refractivity contribution in [3.8, 4) is 11.5 Å². The van der Waals surface area contributed by atoms with Crippen LogP contribution >= 0.6 is 15.9 Å². The summed E-state index contributed by atoms with van der Waals surface area (Å²) in [5, 5.41) is 0. The van der Waals surface area contributed by atoms with E-state index < -0.39 is 0 Å². The Bertz CT molecular complexity index is 357. The Labute approximate surface area is 90.3 Å². The summed E-state index contributed by atoms with van der Waals surface area (Å²) in [6, 6.07) is 3.54. The van der Waals surface area contributed by atoms with Gasteiger partial charge in [-0.05, 0) is 17.7 Å². The molecule has 1 aromatic rings. The molecule has 0 aromatic heterocycles. The van der Waals surface area contributed by atoms with Gasteiger partial charge in [0.25, 0.3) is 0 Å². The molecule has 0 saturated heterocycles. The molecule has 4 nitrogen and oxygen atoms in total. The van der Waals surface area contributed by atoms with Crippen LogP contribution in [0.4, 0.5) is 0 Å². The molecule has 0 saturated carbocycles. The molecular formula is C9H11BrN2O2. The summed E-state index contributed by atoms with van der Waals surface area (Å²) in [5.74, 6) is 1.47. The molecule has 1 atom stereocenters. The Morgan fingerprint density at radius 3 is 2.64 bits per heavy atom. The molecule has 0 aliphatic carbocycles. The van der Waals surface area contributed by atoms with Crippen LogP contribution in [0.3, 0.4) is 0 Å². The molecule has 4 N–H and O–H groups in total. The number of rotatable bonds is 2. The molecule has 1 aliphatic rings. The first-order valence-electron chi connectivity index (χ1n) is 4.27. The summed E-state index contributed by atoms with van der Waals surface area (Å²) in [4.78, 5) is 0. The lowest BCUT2D eigenvalue weighted by molar-refractivity contribution is 0.174. The van der Waals surface area contributed by atoms with Gasteiger partial charge in [-0.15, -0.1) is 0 Å². The quantitative estimate of drug-likeness (QED) is 0.835. The summed E-state index contributed by atoms with van der Waals surface area (Å²) < 4.78 is 11.4. The van der Waals surface area contributed by atoms with Gasteiger partial charge in [-0.3, -0.25) is 0 Å². The van der Waals surface area contributed by atoms with E-state index in [1.54, 1.807) is 0 Å². The van der Waals surface area contributed by atoms with Crippen molar-refractivity contribution in [2.75, 3.05) is 13.3 Å². The minimum Gasteiger partial charge on any atom is -0.454 e. The number of benzene rings is 1. The molecule has 1 unspecified atom stereocenters. The Kier molecular flexibility index (Phi) is 2.62. The van der Waals surface area contributed by atoms with Gasteiger partial charge in [0.05, 0.1) is 0 Å². The fourth-order valence-corrected chi connectivity index (χ4v) is 1.96. The molecule has 76 valence electrons. The summed E-state index contributed by atoms with van der Waals surface area (Å²) in [5.41, 5.74) is 12.3. The van der Waals surface area contributed by atoms with Crippen molar-refractivity contribution in [3.05, 3.63) is 22.2 Å². The van der Waals surface area contributed by atoms with Crippen LogP contribution < -0.4 is 20.9 Å². The van der Waals surface area contributed by atoms with Crippen LogP contribution in [0.1, 0.15) is 11.6 Å². The molecule has 0 bridgehead atoms. The molecular weight excluding hydrogens is 248 g/mol. The summed E-state index contributed by atoms with van der Waals surface area (Å²) in [7, 11) is 0. The van der Waals surface area contributed by atoms with Crippen molar-refractivity contribution in [3.63, 3.8) is 0 Å². The van der Waals surface area contributed by atoms with E-state index in [0.717, 1.165) is 21.5 Å². The number of hydrogen-bond donors (Lipinski definition) is 2. The van der Waals surface area contributed by atoms with Gasteiger partial charge >= 0.3 is 0 Å². The molecule has 1 aliphatic heterocycles. The highest BCUT2D eigenvalue weighted by Gasteiger charge is 2.18. The monoisotopic (exact) mass is 258 g/mol. The van der Waals surface area contributed by atoms with Gasteiger partial charge in [-0.2, -0.15) is 0 Å². The average Bonchev–Trinajstić information content (AvgIpc) is 2.62. The van der Waals surface area contributed by atoms with Gasteiger partial charge in [0.15, 0.2) is 11.5 Å². The number of fused-ring (bicyclic) bond motifs is 1. The predicted octanol–water partition coefficient (Wildman–Crippen LogP) is 1.14. The van der Waals surface area contributed by atoms with Crippen molar-refractivity contribution in [1.29, 1.82) is 0 Å². The normalized spacial score (nSPS) is 15.6. The first-order valence-corrected chi connectivity index (χ1v) is 5.06. The van der Waals surface area contributed by atoms with Crippen molar-refractivity contribution in [2.45, 2.75) is 6.04 Å². The lowest BCUT2D eigenvalue weighted by Crippen LogP contribution is -2.21. The van der Waals surface area contributed by atoms with Gasteiger partial charge < -0.3 is 20.9 Å². The first-order chi connectivity index (χ1) is 6.72. The number of halogens is 1. The van der Waals surface area contributed by atoms with Gasteiger partial charge in [0.1, 0.15) is 0 Å². The zero-order chi connectivity index (χ0) is 10.1. The van der Waals surface area contributed by atoms with Crippen LogP contribution in [-0.4, -0.2) is 13.3 Å². The molecule has 2 rings (SSSR count). The zero-order valence-corrected chi connectivity index (χ0v) is 9.08. The SMILES string of the molecule is NCC(N)c1cc2c(cc1Br)OCO2. The topological polar surface area (TPSA) is 70.5 Å². The van der Waals surface area contributed by atoms with E-state index in [4.69, 9.17) is 20.9 Å². The zero-order valence-electron chi connectivity index (χ0n) is 7.50. The fraction of sp³-hybridized carbons (Fsp3) is 0.333. The van der Waals surface area contributed by atoms with Gasteiger partial charge in [-0.1, -0.05) is 15.9 Å². The molecule has 0 spiro atoms. The minimum absolute atomic E-state index is 0.182. The summed E-state index contributed by atoms with van der Waals surface area (Å²) >= 11 is 3.42. The molecule has 14 heavy (non-hydrogen) atoms. The third-order valence-corrected chi connectivity index (χ3v) is 2.83. The maximum absolute atomic E-state index is 5.84. The van der Waals surface area contributed by atoms with Crippen LogP contribution in [0.25, 0.3) is 0 Å². The maximum Gasteiger partial charge on any atom is 0.231 e. The van der Waals surface area contributed by atoms with Crippen molar-refractivity contribution in [2.24, 2.45) is 11.5 Å². The molecule has 1 heterocycles. The molecule has 1 aromatic carbocycles.